The van der Waals surface area contributed by atoms with Crippen LogP contribution >= 0.6 is 0 Å². The minimum Gasteiger partial charge on any atom is -0.357 e. The van der Waals surface area contributed by atoms with E-state index in [0.717, 1.165) is 23.8 Å². The van der Waals surface area contributed by atoms with Gasteiger partial charge in [-0.2, -0.15) is 5.10 Å². The second kappa shape index (κ2) is 7.72. The van der Waals surface area contributed by atoms with Crippen LogP contribution in [0.25, 0.3) is 5.69 Å². The monoisotopic (exact) mass is 389 g/mol. The summed E-state index contributed by atoms with van der Waals surface area (Å²) in [6.45, 7) is 7.68. The average Bonchev–Trinajstić information content (AvgIpc) is 3.16. The molecule has 0 bridgehead atoms. The lowest BCUT2D eigenvalue weighted by Gasteiger charge is -2.39. The lowest BCUT2D eigenvalue weighted by molar-refractivity contribution is 0.353. The number of nitrogens with one attached hydrogen (secondary N) is 1. The lowest BCUT2D eigenvalue weighted by Crippen LogP contribution is -2.57. The topological polar surface area (TPSA) is 79.6 Å². The zero-order valence-corrected chi connectivity index (χ0v) is 16.9. The molecule has 0 spiro atoms. The van der Waals surface area contributed by atoms with Crippen molar-refractivity contribution in [3.63, 3.8) is 0 Å². The van der Waals surface area contributed by atoms with Gasteiger partial charge in [0.15, 0.2) is 15.8 Å². The van der Waals surface area contributed by atoms with Crippen molar-refractivity contribution in [2.24, 2.45) is 4.99 Å². The van der Waals surface area contributed by atoms with Crippen molar-refractivity contribution < 1.29 is 8.42 Å². The smallest absolute Gasteiger partial charge is 0.194 e. The van der Waals surface area contributed by atoms with Gasteiger partial charge in [-0.05, 0) is 38.5 Å². The molecule has 2 heterocycles. The first kappa shape index (κ1) is 19.4. The number of hydrogen-bond acceptors (Lipinski definition) is 4. The molecule has 1 fully saturated rings. The van der Waals surface area contributed by atoms with Crippen LogP contribution in [0.1, 0.15) is 26.3 Å². The zero-order valence-electron chi connectivity index (χ0n) is 16.1. The number of guanidine groups is 1. The van der Waals surface area contributed by atoms with Gasteiger partial charge in [-0.1, -0.05) is 18.2 Å². The van der Waals surface area contributed by atoms with Gasteiger partial charge in [-0.3, -0.25) is 0 Å². The quantitative estimate of drug-likeness (QED) is 0.638. The van der Waals surface area contributed by atoms with Crippen LogP contribution in [-0.2, 0) is 16.4 Å². The SMILES string of the molecule is CCNC(=NCc1ccccc1-n1cccn1)N1CCS(=O)(=O)C(C)(C)C1. The molecule has 0 unspecified atom stereocenters. The minimum absolute atomic E-state index is 0.147. The Balaban J connectivity index is 1.84. The molecule has 7 nitrogen and oxygen atoms in total. The number of para-hydroxylation sites is 1. The second-order valence-electron chi connectivity index (χ2n) is 7.25. The van der Waals surface area contributed by atoms with E-state index in [1.165, 1.54) is 0 Å². The highest BCUT2D eigenvalue weighted by Crippen LogP contribution is 2.24. The standard InChI is InChI=1S/C19H27N5O2S/c1-4-20-18(23-12-13-27(25,26)19(2,3)15-23)21-14-16-8-5-6-9-17(16)24-11-7-10-22-24/h5-11H,4,12-15H2,1-3H3,(H,20,21). The Bertz CT molecular complexity index is 904. The summed E-state index contributed by atoms with van der Waals surface area (Å²) in [6, 6.07) is 9.91. The summed E-state index contributed by atoms with van der Waals surface area (Å²) in [6.07, 6.45) is 3.66. The zero-order chi connectivity index (χ0) is 19.5. The third-order valence-corrected chi connectivity index (χ3v) is 7.35. The second-order valence-corrected chi connectivity index (χ2v) is 9.99. The molecule has 0 atom stereocenters. The molecule has 1 aromatic heterocycles. The molecular weight excluding hydrogens is 362 g/mol. The minimum atomic E-state index is -3.08. The molecule has 27 heavy (non-hydrogen) atoms. The van der Waals surface area contributed by atoms with Crippen LogP contribution in [0.15, 0.2) is 47.7 Å². The third-order valence-electron chi connectivity index (χ3n) is 4.82. The van der Waals surface area contributed by atoms with Crippen molar-refractivity contribution in [3.8, 4) is 5.69 Å². The molecule has 1 N–H and O–H groups in total. The van der Waals surface area contributed by atoms with Crippen molar-refractivity contribution in [2.45, 2.75) is 32.1 Å². The van der Waals surface area contributed by atoms with E-state index in [1.807, 2.05) is 53.0 Å². The summed E-state index contributed by atoms with van der Waals surface area (Å²) in [5.41, 5.74) is 2.05. The number of hydrogen-bond donors (Lipinski definition) is 1. The van der Waals surface area contributed by atoms with Crippen LogP contribution < -0.4 is 5.32 Å². The van der Waals surface area contributed by atoms with E-state index < -0.39 is 14.6 Å². The Hall–Kier alpha value is -2.35. The fourth-order valence-electron chi connectivity index (χ4n) is 3.19. The average molecular weight is 390 g/mol. The molecule has 8 heteroatoms. The molecule has 0 amide bonds. The summed E-state index contributed by atoms with van der Waals surface area (Å²) in [5.74, 6) is 0.893. The number of nitrogens with zero attached hydrogens (tertiary/aromatic N) is 4. The lowest BCUT2D eigenvalue weighted by atomic mass is 10.2. The summed E-state index contributed by atoms with van der Waals surface area (Å²) >= 11 is 0. The highest BCUT2D eigenvalue weighted by Gasteiger charge is 2.40. The molecule has 1 aromatic carbocycles. The van der Waals surface area contributed by atoms with Gasteiger partial charge in [0, 0.05) is 32.0 Å². The normalized spacial score (nSPS) is 19.1. The molecular formula is C19H27N5O2S. The highest BCUT2D eigenvalue weighted by atomic mass is 32.2. The van der Waals surface area contributed by atoms with Crippen LogP contribution in [0.5, 0.6) is 0 Å². The van der Waals surface area contributed by atoms with Gasteiger partial charge in [-0.25, -0.2) is 18.1 Å². The molecule has 146 valence electrons. The first-order chi connectivity index (χ1) is 12.8. The number of benzene rings is 1. The van der Waals surface area contributed by atoms with E-state index in [1.54, 1.807) is 20.0 Å². The Morgan fingerprint density at radius 1 is 1.30 bits per heavy atom. The molecule has 0 aliphatic carbocycles. The van der Waals surface area contributed by atoms with Gasteiger partial charge in [0.1, 0.15) is 0 Å². The third kappa shape index (κ3) is 4.16. The summed E-state index contributed by atoms with van der Waals surface area (Å²) in [7, 11) is -3.08. The van der Waals surface area contributed by atoms with Gasteiger partial charge < -0.3 is 10.2 Å². The predicted molar refractivity (Wildman–Crippen MR) is 108 cm³/mol. The van der Waals surface area contributed by atoms with E-state index >= 15 is 0 Å². The molecule has 1 aliphatic rings. The van der Waals surface area contributed by atoms with Crippen molar-refractivity contribution in [1.82, 2.24) is 20.0 Å². The van der Waals surface area contributed by atoms with E-state index in [4.69, 9.17) is 4.99 Å². The number of aromatic nitrogens is 2. The maximum Gasteiger partial charge on any atom is 0.194 e. The van der Waals surface area contributed by atoms with E-state index in [0.29, 0.717) is 19.6 Å². The Morgan fingerprint density at radius 3 is 2.74 bits per heavy atom. The fourth-order valence-corrected chi connectivity index (χ4v) is 4.56. The van der Waals surface area contributed by atoms with E-state index in [9.17, 15) is 8.42 Å². The van der Waals surface area contributed by atoms with Crippen LogP contribution in [0.2, 0.25) is 0 Å². The molecule has 1 saturated heterocycles. The van der Waals surface area contributed by atoms with Crippen molar-refractivity contribution >= 4 is 15.8 Å². The highest BCUT2D eigenvalue weighted by molar-refractivity contribution is 7.92. The molecule has 3 rings (SSSR count). The van der Waals surface area contributed by atoms with E-state index in [2.05, 4.69) is 10.4 Å². The Labute approximate surface area is 161 Å². The van der Waals surface area contributed by atoms with Gasteiger partial charge >= 0.3 is 0 Å². The van der Waals surface area contributed by atoms with Gasteiger partial charge in [0.25, 0.3) is 0 Å². The van der Waals surface area contributed by atoms with Crippen molar-refractivity contribution in [3.05, 3.63) is 48.3 Å². The fraction of sp³-hybridized carbons (Fsp3) is 0.474. The van der Waals surface area contributed by atoms with Crippen molar-refractivity contribution in [2.75, 3.05) is 25.4 Å². The summed E-state index contributed by atoms with van der Waals surface area (Å²) in [5, 5.41) is 7.61. The van der Waals surface area contributed by atoms with Crippen LogP contribution in [0.3, 0.4) is 0 Å². The van der Waals surface area contributed by atoms with Crippen LogP contribution in [-0.4, -0.2) is 59.2 Å². The largest absolute Gasteiger partial charge is 0.357 e. The first-order valence-corrected chi connectivity index (χ1v) is 10.8. The predicted octanol–water partition coefficient (Wildman–Crippen LogP) is 1.85. The summed E-state index contributed by atoms with van der Waals surface area (Å²) < 4.78 is 25.6. The van der Waals surface area contributed by atoms with Crippen LogP contribution in [0.4, 0.5) is 0 Å². The van der Waals surface area contributed by atoms with Gasteiger partial charge in [-0.15, -0.1) is 0 Å². The maximum atomic E-state index is 12.3. The Kier molecular flexibility index (Phi) is 5.55. The van der Waals surface area contributed by atoms with Gasteiger partial charge in [0.2, 0.25) is 0 Å². The first-order valence-electron chi connectivity index (χ1n) is 9.17. The molecule has 0 radical (unpaired) electrons. The van der Waals surface area contributed by atoms with Gasteiger partial charge in [0.05, 0.1) is 22.7 Å². The molecule has 1 aliphatic heterocycles. The van der Waals surface area contributed by atoms with E-state index in [-0.39, 0.29) is 5.75 Å². The van der Waals surface area contributed by atoms with Crippen molar-refractivity contribution in [1.29, 1.82) is 0 Å². The van der Waals surface area contributed by atoms with Crippen LogP contribution in [0, 0.1) is 0 Å². The Morgan fingerprint density at radius 2 is 2.07 bits per heavy atom. The number of aliphatic imine (C=N–C) groups is 1. The summed E-state index contributed by atoms with van der Waals surface area (Å²) in [4.78, 5) is 6.83. The molecule has 0 saturated carbocycles. The number of rotatable bonds is 4. The maximum absolute atomic E-state index is 12.3. The number of sulfone groups is 1. The molecule has 2 aromatic rings.